The molecule has 0 bridgehead atoms. The molecule has 0 radical (unpaired) electrons. The maximum absolute atomic E-state index is 13.2. The molecule has 31 heavy (non-hydrogen) atoms. The van der Waals surface area contributed by atoms with Crippen LogP contribution >= 0.6 is 0 Å². The minimum Gasteiger partial charge on any atom is -0.467 e. The summed E-state index contributed by atoms with van der Waals surface area (Å²) in [5.74, 6) is 0.285. The molecule has 1 aromatic heterocycles. The lowest BCUT2D eigenvalue weighted by molar-refractivity contribution is -0.138. The highest BCUT2D eigenvalue weighted by Crippen LogP contribution is 2.12. The number of hydrogen-bond donors (Lipinski definition) is 0. The van der Waals surface area contributed by atoms with E-state index in [-0.39, 0.29) is 24.9 Å². The van der Waals surface area contributed by atoms with Gasteiger partial charge in [-0.1, -0.05) is 66.7 Å². The maximum Gasteiger partial charge on any atom is 0.247 e. The Hall–Kier alpha value is -3.86. The van der Waals surface area contributed by atoms with Crippen LogP contribution in [0.4, 0.5) is 0 Å². The summed E-state index contributed by atoms with van der Waals surface area (Å²) in [6, 6.07) is 22.9. The van der Waals surface area contributed by atoms with Crippen molar-refractivity contribution in [2.45, 2.75) is 13.1 Å². The van der Waals surface area contributed by atoms with E-state index in [2.05, 4.69) is 6.58 Å². The van der Waals surface area contributed by atoms with Crippen LogP contribution in [0.1, 0.15) is 16.9 Å². The van der Waals surface area contributed by atoms with E-state index in [0.29, 0.717) is 18.8 Å². The summed E-state index contributed by atoms with van der Waals surface area (Å²) in [5, 5.41) is 0. The van der Waals surface area contributed by atoms with E-state index in [1.165, 1.54) is 11.0 Å². The molecule has 5 heteroatoms. The monoisotopic (exact) mass is 414 g/mol. The Balaban J connectivity index is 1.72. The Bertz CT molecular complexity index is 996. The smallest absolute Gasteiger partial charge is 0.247 e. The molecule has 2 aromatic carbocycles. The standard InChI is InChI=1S/C26H26N2O3/c1-2-17-27(25(29)16-15-22-10-5-3-6-11-22)21-26(30)28(20-24-14-9-18-31-24)19-23-12-7-4-8-13-23/h2-16,18H,1,17,19-21H2. The van der Waals surface area contributed by atoms with Crippen LogP contribution in [0.25, 0.3) is 6.08 Å². The molecule has 0 aliphatic rings. The van der Waals surface area contributed by atoms with E-state index in [9.17, 15) is 9.59 Å². The molecular formula is C26H26N2O3. The number of nitrogens with zero attached hydrogens (tertiary/aromatic N) is 2. The van der Waals surface area contributed by atoms with E-state index < -0.39 is 0 Å². The fourth-order valence-electron chi connectivity index (χ4n) is 3.12. The number of hydrogen-bond acceptors (Lipinski definition) is 3. The van der Waals surface area contributed by atoms with Crippen LogP contribution in [0.15, 0.2) is 102 Å². The first-order chi connectivity index (χ1) is 15.2. The third-order valence-corrected chi connectivity index (χ3v) is 4.70. The fraction of sp³-hybridized carbons (Fsp3) is 0.154. The van der Waals surface area contributed by atoms with E-state index in [1.54, 1.807) is 29.4 Å². The Kier molecular flexibility index (Phi) is 8.00. The Labute approximate surface area is 182 Å². The van der Waals surface area contributed by atoms with Gasteiger partial charge >= 0.3 is 0 Å². The lowest BCUT2D eigenvalue weighted by Crippen LogP contribution is -2.42. The van der Waals surface area contributed by atoms with Crippen molar-refractivity contribution in [2.75, 3.05) is 13.1 Å². The molecule has 0 N–H and O–H groups in total. The molecule has 0 fully saturated rings. The zero-order valence-electron chi connectivity index (χ0n) is 17.4. The molecule has 158 valence electrons. The molecule has 5 nitrogen and oxygen atoms in total. The van der Waals surface area contributed by atoms with E-state index in [1.807, 2.05) is 66.7 Å². The van der Waals surface area contributed by atoms with Crippen molar-refractivity contribution in [3.8, 4) is 0 Å². The molecule has 2 amide bonds. The van der Waals surface area contributed by atoms with Crippen LogP contribution in [-0.2, 0) is 22.7 Å². The normalized spacial score (nSPS) is 10.7. The average Bonchev–Trinajstić information content (AvgIpc) is 3.31. The van der Waals surface area contributed by atoms with Crippen LogP contribution in [0.3, 0.4) is 0 Å². The van der Waals surface area contributed by atoms with Gasteiger partial charge in [-0.05, 0) is 29.3 Å². The molecule has 0 saturated carbocycles. The molecular weight excluding hydrogens is 388 g/mol. The summed E-state index contributed by atoms with van der Waals surface area (Å²) < 4.78 is 5.44. The first kappa shape index (κ1) is 21.8. The third kappa shape index (κ3) is 6.85. The van der Waals surface area contributed by atoms with Gasteiger partial charge in [-0.15, -0.1) is 6.58 Å². The molecule has 0 saturated heterocycles. The molecule has 0 atom stereocenters. The van der Waals surface area contributed by atoms with Crippen molar-refractivity contribution in [2.24, 2.45) is 0 Å². The van der Waals surface area contributed by atoms with Gasteiger partial charge in [-0.2, -0.15) is 0 Å². The van der Waals surface area contributed by atoms with Crippen molar-refractivity contribution in [1.82, 2.24) is 9.80 Å². The number of furan rings is 1. The molecule has 1 heterocycles. The number of amides is 2. The predicted molar refractivity (Wildman–Crippen MR) is 122 cm³/mol. The molecule has 3 aromatic rings. The SMILES string of the molecule is C=CCN(CC(=O)N(Cc1ccccc1)Cc1ccco1)C(=O)C=Cc1ccccc1. The van der Waals surface area contributed by atoms with Gasteiger partial charge in [0.2, 0.25) is 11.8 Å². The van der Waals surface area contributed by atoms with Gasteiger partial charge in [-0.25, -0.2) is 0 Å². The van der Waals surface area contributed by atoms with Gasteiger partial charge in [0.25, 0.3) is 0 Å². The number of benzene rings is 2. The van der Waals surface area contributed by atoms with Crippen LogP contribution in [-0.4, -0.2) is 34.7 Å². The highest BCUT2D eigenvalue weighted by molar-refractivity contribution is 5.94. The summed E-state index contributed by atoms with van der Waals surface area (Å²) in [6.45, 7) is 4.72. The van der Waals surface area contributed by atoms with Crippen molar-refractivity contribution in [1.29, 1.82) is 0 Å². The van der Waals surface area contributed by atoms with Gasteiger partial charge in [0, 0.05) is 19.2 Å². The first-order valence-corrected chi connectivity index (χ1v) is 10.1. The van der Waals surface area contributed by atoms with Crippen LogP contribution < -0.4 is 0 Å². The topological polar surface area (TPSA) is 53.8 Å². The van der Waals surface area contributed by atoms with Crippen LogP contribution in [0.2, 0.25) is 0 Å². The molecule has 3 rings (SSSR count). The van der Waals surface area contributed by atoms with Crippen molar-refractivity contribution < 1.29 is 14.0 Å². The minimum absolute atomic E-state index is 0.0441. The van der Waals surface area contributed by atoms with Crippen LogP contribution in [0.5, 0.6) is 0 Å². The second kappa shape index (κ2) is 11.4. The van der Waals surface area contributed by atoms with Crippen molar-refractivity contribution >= 4 is 17.9 Å². The van der Waals surface area contributed by atoms with E-state index in [4.69, 9.17) is 4.42 Å². The second-order valence-electron chi connectivity index (χ2n) is 7.07. The van der Waals surface area contributed by atoms with Crippen molar-refractivity contribution in [3.05, 3.63) is 115 Å². The Morgan fingerprint density at radius 1 is 0.871 bits per heavy atom. The van der Waals surface area contributed by atoms with Gasteiger partial charge in [0.05, 0.1) is 12.8 Å². The lowest BCUT2D eigenvalue weighted by Gasteiger charge is -2.26. The van der Waals surface area contributed by atoms with Gasteiger partial charge in [-0.3, -0.25) is 9.59 Å². The number of rotatable bonds is 10. The summed E-state index contributed by atoms with van der Waals surface area (Å²) in [6.07, 6.45) is 6.44. The average molecular weight is 415 g/mol. The lowest BCUT2D eigenvalue weighted by atomic mass is 10.2. The van der Waals surface area contributed by atoms with E-state index in [0.717, 1.165) is 11.1 Å². The summed E-state index contributed by atoms with van der Waals surface area (Å²) >= 11 is 0. The highest BCUT2D eigenvalue weighted by atomic mass is 16.3. The molecule has 0 unspecified atom stereocenters. The quantitative estimate of drug-likeness (QED) is 0.362. The van der Waals surface area contributed by atoms with E-state index >= 15 is 0 Å². The van der Waals surface area contributed by atoms with Crippen molar-refractivity contribution in [3.63, 3.8) is 0 Å². The number of carbonyl (C=O) groups excluding carboxylic acids is 2. The maximum atomic E-state index is 13.2. The summed E-state index contributed by atoms with van der Waals surface area (Å²) in [4.78, 5) is 29.1. The summed E-state index contributed by atoms with van der Waals surface area (Å²) in [5.41, 5.74) is 1.93. The number of carbonyl (C=O) groups is 2. The highest BCUT2D eigenvalue weighted by Gasteiger charge is 2.21. The Morgan fingerprint density at radius 2 is 1.58 bits per heavy atom. The molecule has 0 aliphatic carbocycles. The van der Waals surface area contributed by atoms with Gasteiger partial charge in [0.1, 0.15) is 12.3 Å². The second-order valence-corrected chi connectivity index (χ2v) is 7.07. The molecule has 0 spiro atoms. The first-order valence-electron chi connectivity index (χ1n) is 10.1. The predicted octanol–water partition coefficient (Wildman–Crippen LogP) is 4.54. The minimum atomic E-state index is -0.241. The third-order valence-electron chi connectivity index (χ3n) is 4.70. The molecule has 0 aliphatic heterocycles. The largest absolute Gasteiger partial charge is 0.467 e. The zero-order valence-corrected chi connectivity index (χ0v) is 17.4. The summed E-state index contributed by atoms with van der Waals surface area (Å²) in [7, 11) is 0. The fourth-order valence-corrected chi connectivity index (χ4v) is 3.12. The van der Waals surface area contributed by atoms with Crippen LogP contribution in [0, 0.1) is 0 Å². The zero-order chi connectivity index (χ0) is 21.9. The van der Waals surface area contributed by atoms with Gasteiger partial charge < -0.3 is 14.2 Å². The van der Waals surface area contributed by atoms with Gasteiger partial charge in [0.15, 0.2) is 0 Å². The Morgan fingerprint density at radius 3 is 2.23 bits per heavy atom.